The molecule has 1 N–H and O–H groups in total. The van der Waals surface area contributed by atoms with E-state index >= 15 is 0 Å². The summed E-state index contributed by atoms with van der Waals surface area (Å²) in [5, 5.41) is 12.2. The van der Waals surface area contributed by atoms with E-state index < -0.39 is 0 Å². The molecule has 2 saturated carbocycles. The summed E-state index contributed by atoms with van der Waals surface area (Å²) in [6.07, 6.45) is 9.60. The summed E-state index contributed by atoms with van der Waals surface area (Å²) in [7, 11) is 2.14. The maximum Gasteiger partial charge on any atom is 0.150 e. The Bertz CT molecular complexity index is 407. The maximum absolute atomic E-state index is 4.38. The Morgan fingerprint density at radius 3 is 2.55 bits per heavy atom. The average molecular weight is 274 g/mol. The Kier molecular flexibility index (Phi) is 4.51. The third kappa shape index (κ3) is 3.92. The SMILES string of the molecule is CN(CC1CCCCC1)c1ccc(CNC2CC2)nn1. The first-order valence-corrected chi connectivity index (χ1v) is 8.08. The predicted molar refractivity (Wildman–Crippen MR) is 81.7 cm³/mol. The van der Waals surface area contributed by atoms with Gasteiger partial charge in [-0.05, 0) is 43.7 Å². The highest BCUT2D eigenvalue weighted by molar-refractivity contribution is 5.36. The second kappa shape index (κ2) is 6.53. The van der Waals surface area contributed by atoms with Crippen LogP contribution in [0.1, 0.15) is 50.6 Å². The van der Waals surface area contributed by atoms with E-state index in [1.165, 1.54) is 44.9 Å². The van der Waals surface area contributed by atoms with Crippen molar-refractivity contribution in [3.8, 4) is 0 Å². The van der Waals surface area contributed by atoms with Crippen molar-refractivity contribution in [2.24, 2.45) is 5.92 Å². The normalized spacial score (nSPS) is 20.1. The molecule has 0 radical (unpaired) electrons. The molecular weight excluding hydrogens is 248 g/mol. The van der Waals surface area contributed by atoms with E-state index in [9.17, 15) is 0 Å². The van der Waals surface area contributed by atoms with Gasteiger partial charge in [-0.3, -0.25) is 0 Å². The quantitative estimate of drug-likeness (QED) is 0.866. The van der Waals surface area contributed by atoms with Crippen LogP contribution in [0.5, 0.6) is 0 Å². The van der Waals surface area contributed by atoms with E-state index in [2.05, 4.69) is 39.6 Å². The lowest BCUT2D eigenvalue weighted by Gasteiger charge is -2.27. The molecule has 0 aliphatic heterocycles. The smallest absolute Gasteiger partial charge is 0.150 e. The van der Waals surface area contributed by atoms with Gasteiger partial charge in [0.05, 0.1) is 5.69 Å². The van der Waals surface area contributed by atoms with Crippen molar-refractivity contribution >= 4 is 5.82 Å². The third-order valence-corrected chi connectivity index (χ3v) is 4.50. The first-order chi connectivity index (χ1) is 9.81. The summed E-state index contributed by atoms with van der Waals surface area (Å²) >= 11 is 0. The summed E-state index contributed by atoms with van der Waals surface area (Å²) in [5.74, 6) is 1.84. The van der Waals surface area contributed by atoms with Gasteiger partial charge in [0.2, 0.25) is 0 Å². The largest absolute Gasteiger partial charge is 0.358 e. The third-order valence-electron chi connectivity index (χ3n) is 4.50. The molecule has 0 bridgehead atoms. The Hall–Kier alpha value is -1.16. The Labute approximate surface area is 122 Å². The van der Waals surface area contributed by atoms with Gasteiger partial charge in [0.1, 0.15) is 0 Å². The van der Waals surface area contributed by atoms with Gasteiger partial charge in [0.15, 0.2) is 5.82 Å². The van der Waals surface area contributed by atoms with Crippen LogP contribution in [0.2, 0.25) is 0 Å². The molecule has 0 amide bonds. The molecule has 2 fully saturated rings. The van der Waals surface area contributed by atoms with Crippen molar-refractivity contribution in [1.82, 2.24) is 15.5 Å². The molecule has 0 spiro atoms. The molecule has 20 heavy (non-hydrogen) atoms. The monoisotopic (exact) mass is 274 g/mol. The van der Waals surface area contributed by atoms with Crippen molar-refractivity contribution in [2.45, 2.75) is 57.5 Å². The van der Waals surface area contributed by atoms with E-state index in [4.69, 9.17) is 0 Å². The number of aromatic nitrogens is 2. The summed E-state index contributed by atoms with van der Waals surface area (Å²) in [5.41, 5.74) is 1.05. The van der Waals surface area contributed by atoms with Crippen molar-refractivity contribution in [2.75, 3.05) is 18.5 Å². The number of nitrogens with zero attached hydrogens (tertiary/aromatic N) is 3. The summed E-state index contributed by atoms with van der Waals surface area (Å²) in [4.78, 5) is 2.26. The standard InChI is InChI=1S/C16H26N4/c1-20(12-13-5-3-2-4-6-13)16-10-9-15(18-19-16)11-17-14-7-8-14/h9-10,13-14,17H,2-8,11-12H2,1H3. The van der Waals surface area contributed by atoms with E-state index in [1.807, 2.05) is 0 Å². The summed E-state index contributed by atoms with van der Waals surface area (Å²) in [6, 6.07) is 4.94. The molecule has 0 unspecified atom stereocenters. The van der Waals surface area contributed by atoms with Gasteiger partial charge in [-0.2, -0.15) is 5.10 Å². The lowest BCUT2D eigenvalue weighted by molar-refractivity contribution is 0.361. The van der Waals surface area contributed by atoms with Gasteiger partial charge in [0, 0.05) is 26.2 Å². The van der Waals surface area contributed by atoms with Crippen LogP contribution in [0.4, 0.5) is 5.82 Å². The van der Waals surface area contributed by atoms with Crippen LogP contribution in [0.3, 0.4) is 0 Å². The summed E-state index contributed by atoms with van der Waals surface area (Å²) in [6.45, 7) is 1.97. The van der Waals surface area contributed by atoms with Gasteiger partial charge in [0.25, 0.3) is 0 Å². The van der Waals surface area contributed by atoms with Crippen molar-refractivity contribution < 1.29 is 0 Å². The Morgan fingerprint density at radius 1 is 1.10 bits per heavy atom. The highest BCUT2D eigenvalue weighted by Gasteiger charge is 2.20. The number of hydrogen-bond acceptors (Lipinski definition) is 4. The molecule has 110 valence electrons. The minimum atomic E-state index is 0.727. The van der Waals surface area contributed by atoms with Crippen LogP contribution in [0.15, 0.2) is 12.1 Å². The fourth-order valence-electron chi connectivity index (χ4n) is 3.04. The van der Waals surface area contributed by atoms with Crippen molar-refractivity contribution in [3.05, 3.63) is 17.8 Å². The fraction of sp³-hybridized carbons (Fsp3) is 0.750. The zero-order valence-corrected chi connectivity index (χ0v) is 12.5. The van der Waals surface area contributed by atoms with E-state index in [1.54, 1.807) is 0 Å². The number of hydrogen-bond donors (Lipinski definition) is 1. The molecule has 4 heteroatoms. The molecule has 0 saturated heterocycles. The zero-order chi connectivity index (χ0) is 13.8. The Balaban J connectivity index is 1.49. The zero-order valence-electron chi connectivity index (χ0n) is 12.5. The molecule has 2 aliphatic carbocycles. The fourth-order valence-corrected chi connectivity index (χ4v) is 3.04. The first-order valence-electron chi connectivity index (χ1n) is 8.08. The number of anilines is 1. The molecule has 1 aromatic rings. The van der Waals surface area contributed by atoms with E-state index in [-0.39, 0.29) is 0 Å². The lowest BCUT2D eigenvalue weighted by atomic mass is 9.89. The van der Waals surface area contributed by atoms with Crippen LogP contribution in [0.25, 0.3) is 0 Å². The highest BCUT2D eigenvalue weighted by Crippen LogP contribution is 2.25. The van der Waals surface area contributed by atoms with Gasteiger partial charge in [-0.15, -0.1) is 5.10 Å². The highest BCUT2D eigenvalue weighted by atomic mass is 15.2. The van der Waals surface area contributed by atoms with Crippen LogP contribution in [-0.4, -0.2) is 29.8 Å². The number of nitrogens with one attached hydrogen (secondary N) is 1. The average Bonchev–Trinajstić information content (AvgIpc) is 3.31. The Morgan fingerprint density at radius 2 is 1.90 bits per heavy atom. The van der Waals surface area contributed by atoms with Gasteiger partial charge in [-0.25, -0.2) is 0 Å². The van der Waals surface area contributed by atoms with Crippen LogP contribution in [-0.2, 0) is 6.54 Å². The molecule has 2 aliphatic rings. The minimum absolute atomic E-state index is 0.727. The van der Waals surface area contributed by atoms with Crippen LogP contribution in [0, 0.1) is 5.92 Å². The van der Waals surface area contributed by atoms with Crippen molar-refractivity contribution in [3.63, 3.8) is 0 Å². The second-order valence-corrected chi connectivity index (χ2v) is 6.42. The van der Waals surface area contributed by atoms with Crippen molar-refractivity contribution in [1.29, 1.82) is 0 Å². The molecule has 1 heterocycles. The first kappa shape index (κ1) is 13.8. The lowest BCUT2D eigenvalue weighted by Crippen LogP contribution is -2.27. The molecule has 0 atom stereocenters. The number of rotatable bonds is 6. The topological polar surface area (TPSA) is 41.0 Å². The van der Waals surface area contributed by atoms with Crippen LogP contribution < -0.4 is 10.2 Å². The molecule has 3 rings (SSSR count). The van der Waals surface area contributed by atoms with Gasteiger partial charge >= 0.3 is 0 Å². The van der Waals surface area contributed by atoms with Crippen LogP contribution >= 0.6 is 0 Å². The summed E-state index contributed by atoms with van der Waals surface area (Å²) < 4.78 is 0. The maximum atomic E-state index is 4.38. The minimum Gasteiger partial charge on any atom is -0.358 e. The second-order valence-electron chi connectivity index (χ2n) is 6.42. The van der Waals surface area contributed by atoms with Gasteiger partial charge < -0.3 is 10.2 Å². The molecular formula is C16H26N4. The molecule has 4 nitrogen and oxygen atoms in total. The van der Waals surface area contributed by atoms with E-state index in [0.717, 1.165) is 36.6 Å². The molecule has 0 aromatic carbocycles. The predicted octanol–water partition coefficient (Wildman–Crippen LogP) is 2.75. The molecule has 1 aromatic heterocycles. The van der Waals surface area contributed by atoms with E-state index in [0.29, 0.717) is 0 Å². The van der Waals surface area contributed by atoms with Gasteiger partial charge in [-0.1, -0.05) is 19.3 Å².